The molecule has 1 aromatic carbocycles. The van der Waals surface area contributed by atoms with Crippen molar-refractivity contribution in [2.24, 2.45) is 0 Å². The molecular weight excluding hydrogens is 440 g/mol. The summed E-state index contributed by atoms with van der Waals surface area (Å²) in [4.78, 5) is 19.3. The molecule has 1 N–H and O–H groups in total. The van der Waals surface area contributed by atoms with Crippen molar-refractivity contribution in [1.29, 1.82) is 0 Å². The van der Waals surface area contributed by atoms with E-state index in [1.54, 1.807) is 29.5 Å². The molecule has 1 amide bonds. The van der Waals surface area contributed by atoms with E-state index in [9.17, 15) is 13.2 Å². The van der Waals surface area contributed by atoms with Crippen molar-refractivity contribution in [3.05, 3.63) is 75.2 Å². The SMILES string of the molecule is O=C(NCc1cn2ccsc2n1)c1cccc(S(=O)(=O)N2CCc3sccc3C2)c1. The molecule has 0 bridgehead atoms. The number of carbonyl (C=O) groups is 1. The molecule has 0 saturated heterocycles. The van der Waals surface area contributed by atoms with Gasteiger partial charge >= 0.3 is 0 Å². The Hall–Kier alpha value is -2.53. The van der Waals surface area contributed by atoms with Crippen molar-refractivity contribution in [3.63, 3.8) is 0 Å². The molecule has 1 aliphatic heterocycles. The first-order valence-electron chi connectivity index (χ1n) is 9.35. The first-order chi connectivity index (χ1) is 14.5. The van der Waals surface area contributed by atoms with Gasteiger partial charge in [0.05, 0.1) is 17.1 Å². The van der Waals surface area contributed by atoms with Crippen LogP contribution < -0.4 is 5.32 Å². The Labute approximate surface area is 181 Å². The number of hydrogen-bond donors (Lipinski definition) is 1. The molecule has 3 aromatic heterocycles. The molecule has 5 rings (SSSR count). The second-order valence-electron chi connectivity index (χ2n) is 6.99. The average molecular weight is 459 g/mol. The molecule has 0 spiro atoms. The van der Waals surface area contributed by atoms with Crippen molar-refractivity contribution in [2.75, 3.05) is 6.54 Å². The van der Waals surface area contributed by atoms with Crippen LogP contribution >= 0.6 is 22.7 Å². The highest BCUT2D eigenvalue weighted by Gasteiger charge is 2.29. The molecule has 0 saturated carbocycles. The van der Waals surface area contributed by atoms with E-state index < -0.39 is 10.0 Å². The Morgan fingerprint density at radius 3 is 2.97 bits per heavy atom. The highest BCUT2D eigenvalue weighted by molar-refractivity contribution is 7.89. The summed E-state index contributed by atoms with van der Waals surface area (Å²) in [6, 6.07) is 8.19. The normalized spacial score (nSPS) is 14.7. The van der Waals surface area contributed by atoms with Crippen molar-refractivity contribution in [1.82, 2.24) is 19.0 Å². The van der Waals surface area contributed by atoms with Gasteiger partial charge in [0, 0.05) is 41.3 Å². The molecule has 7 nitrogen and oxygen atoms in total. The zero-order chi connectivity index (χ0) is 20.7. The van der Waals surface area contributed by atoms with Crippen LogP contribution in [0.15, 0.2) is 58.4 Å². The second kappa shape index (κ2) is 7.62. The van der Waals surface area contributed by atoms with E-state index in [0.717, 1.165) is 16.2 Å². The number of fused-ring (bicyclic) bond motifs is 2. The molecule has 0 aliphatic carbocycles. The first-order valence-corrected chi connectivity index (χ1v) is 12.6. The lowest BCUT2D eigenvalue weighted by Crippen LogP contribution is -2.35. The van der Waals surface area contributed by atoms with E-state index in [0.29, 0.717) is 25.1 Å². The number of nitrogens with one attached hydrogen (secondary N) is 1. The van der Waals surface area contributed by atoms with Gasteiger partial charge in [-0.05, 0) is 41.6 Å². The van der Waals surface area contributed by atoms with E-state index in [1.807, 2.05) is 33.6 Å². The molecule has 10 heteroatoms. The van der Waals surface area contributed by atoms with Crippen molar-refractivity contribution in [2.45, 2.75) is 24.4 Å². The fourth-order valence-electron chi connectivity index (χ4n) is 3.51. The molecule has 0 unspecified atom stereocenters. The van der Waals surface area contributed by atoms with Gasteiger partial charge in [-0.2, -0.15) is 4.31 Å². The van der Waals surface area contributed by atoms with Crippen LogP contribution in [-0.2, 0) is 29.5 Å². The predicted octanol–water partition coefficient (Wildman–Crippen LogP) is 3.13. The number of rotatable bonds is 5. The second-order valence-corrected chi connectivity index (χ2v) is 10.8. The van der Waals surface area contributed by atoms with Gasteiger partial charge in [0.2, 0.25) is 10.0 Å². The fraction of sp³-hybridized carbons (Fsp3) is 0.200. The summed E-state index contributed by atoms with van der Waals surface area (Å²) in [5.74, 6) is -0.331. The van der Waals surface area contributed by atoms with Gasteiger partial charge in [-0.15, -0.1) is 22.7 Å². The Morgan fingerprint density at radius 2 is 2.10 bits per heavy atom. The zero-order valence-corrected chi connectivity index (χ0v) is 18.3. The zero-order valence-electron chi connectivity index (χ0n) is 15.8. The smallest absolute Gasteiger partial charge is 0.251 e. The highest BCUT2D eigenvalue weighted by Crippen LogP contribution is 2.28. The van der Waals surface area contributed by atoms with Crippen molar-refractivity contribution < 1.29 is 13.2 Å². The van der Waals surface area contributed by atoms with Crippen LogP contribution in [0.3, 0.4) is 0 Å². The molecule has 0 radical (unpaired) electrons. The Bertz CT molecular complexity index is 1310. The van der Waals surface area contributed by atoms with Crippen molar-refractivity contribution in [3.8, 4) is 0 Å². The molecule has 154 valence electrons. The molecule has 4 heterocycles. The Balaban J connectivity index is 1.31. The lowest BCUT2D eigenvalue weighted by Gasteiger charge is -2.26. The van der Waals surface area contributed by atoms with E-state index in [2.05, 4.69) is 10.3 Å². The largest absolute Gasteiger partial charge is 0.346 e. The molecular formula is C20H18N4O3S3. The maximum absolute atomic E-state index is 13.1. The molecule has 4 aromatic rings. The minimum Gasteiger partial charge on any atom is -0.346 e. The number of carbonyl (C=O) groups excluding carboxylic acids is 1. The number of thiophene rings is 1. The molecule has 0 fully saturated rings. The summed E-state index contributed by atoms with van der Waals surface area (Å²) in [7, 11) is -3.67. The Morgan fingerprint density at radius 1 is 1.20 bits per heavy atom. The van der Waals surface area contributed by atoms with E-state index in [-0.39, 0.29) is 17.3 Å². The van der Waals surface area contributed by atoms with Crippen LogP contribution in [0.25, 0.3) is 4.96 Å². The highest BCUT2D eigenvalue weighted by atomic mass is 32.2. The van der Waals surface area contributed by atoms with Gasteiger partial charge in [-0.1, -0.05) is 6.07 Å². The summed E-state index contributed by atoms with van der Waals surface area (Å²) in [6.07, 6.45) is 4.49. The minimum absolute atomic E-state index is 0.135. The summed E-state index contributed by atoms with van der Waals surface area (Å²) < 4.78 is 29.6. The molecule has 1 aliphatic rings. The van der Waals surface area contributed by atoms with Crippen LogP contribution in [0.5, 0.6) is 0 Å². The number of benzene rings is 1. The first kappa shape index (κ1) is 19.4. The van der Waals surface area contributed by atoms with Crippen molar-refractivity contribution >= 4 is 43.6 Å². The summed E-state index contributed by atoms with van der Waals surface area (Å²) in [5.41, 5.74) is 2.12. The quantitative estimate of drug-likeness (QED) is 0.498. The lowest BCUT2D eigenvalue weighted by atomic mass is 10.1. The average Bonchev–Trinajstić information content (AvgIpc) is 3.47. The lowest BCUT2D eigenvalue weighted by molar-refractivity contribution is 0.0950. The Kier molecular flexibility index (Phi) is 4.94. The number of thiazole rings is 1. The van der Waals surface area contributed by atoms with Gasteiger partial charge in [0.25, 0.3) is 5.91 Å². The maximum Gasteiger partial charge on any atom is 0.251 e. The van der Waals surface area contributed by atoms with Gasteiger partial charge in [0.1, 0.15) is 0 Å². The monoisotopic (exact) mass is 458 g/mol. The molecule has 0 atom stereocenters. The van der Waals surface area contributed by atoms with Crippen LogP contribution in [0.4, 0.5) is 0 Å². The predicted molar refractivity (Wildman–Crippen MR) is 116 cm³/mol. The summed E-state index contributed by atoms with van der Waals surface area (Å²) in [6.45, 7) is 1.09. The fourth-order valence-corrected chi connectivity index (χ4v) is 6.58. The summed E-state index contributed by atoms with van der Waals surface area (Å²) in [5, 5.41) is 6.75. The van der Waals surface area contributed by atoms with Crippen LogP contribution in [0.2, 0.25) is 0 Å². The van der Waals surface area contributed by atoms with E-state index >= 15 is 0 Å². The van der Waals surface area contributed by atoms with E-state index in [4.69, 9.17) is 0 Å². The number of imidazole rings is 1. The standard InChI is InChI=1S/C20H18N4O3S3/c25-19(21-11-16-13-23-7-9-29-20(23)22-16)14-2-1-3-17(10-14)30(26,27)24-6-4-18-15(12-24)5-8-28-18/h1-3,5,7-10,13H,4,6,11-12H2,(H,21,25). The van der Waals surface area contributed by atoms with Gasteiger partial charge in [-0.25, -0.2) is 13.4 Å². The third-order valence-corrected chi connectivity index (χ3v) is 8.71. The van der Waals surface area contributed by atoms with Gasteiger partial charge < -0.3 is 5.32 Å². The number of amides is 1. The number of sulfonamides is 1. The van der Waals surface area contributed by atoms with E-state index in [1.165, 1.54) is 26.6 Å². The third kappa shape index (κ3) is 3.56. The molecule has 30 heavy (non-hydrogen) atoms. The van der Waals surface area contributed by atoms with Gasteiger partial charge in [-0.3, -0.25) is 9.20 Å². The number of hydrogen-bond acceptors (Lipinski definition) is 6. The van der Waals surface area contributed by atoms with Crippen LogP contribution in [0, 0.1) is 0 Å². The minimum atomic E-state index is -3.67. The number of nitrogens with zero attached hydrogens (tertiary/aromatic N) is 3. The maximum atomic E-state index is 13.1. The summed E-state index contributed by atoms with van der Waals surface area (Å²) >= 11 is 3.19. The topological polar surface area (TPSA) is 83.8 Å². The van der Waals surface area contributed by atoms with Gasteiger partial charge in [0.15, 0.2) is 4.96 Å². The van der Waals surface area contributed by atoms with Crippen LogP contribution in [0.1, 0.15) is 26.5 Å². The number of aromatic nitrogens is 2. The van der Waals surface area contributed by atoms with Crippen LogP contribution in [-0.4, -0.2) is 34.6 Å². The third-order valence-electron chi connectivity index (χ3n) is 5.08.